The van der Waals surface area contributed by atoms with Crippen molar-refractivity contribution in [2.75, 3.05) is 42.6 Å². The Morgan fingerprint density at radius 3 is 2.48 bits per heavy atom. The summed E-state index contributed by atoms with van der Waals surface area (Å²) in [6.07, 6.45) is 3.96. The number of hydrogen-bond acceptors (Lipinski definition) is 7. The molecule has 2 aromatic rings. The van der Waals surface area contributed by atoms with Crippen LogP contribution >= 0.6 is 0 Å². The lowest BCUT2D eigenvalue weighted by atomic mass is 10.2. The number of hydrogen-bond donors (Lipinski definition) is 0. The van der Waals surface area contributed by atoms with E-state index in [9.17, 15) is 13.2 Å². The van der Waals surface area contributed by atoms with E-state index in [0.29, 0.717) is 44.2 Å². The lowest BCUT2D eigenvalue weighted by molar-refractivity contribution is 0.0739. The maximum atomic E-state index is 12.8. The van der Waals surface area contributed by atoms with E-state index in [1.165, 1.54) is 0 Å². The van der Waals surface area contributed by atoms with Crippen LogP contribution in [0.25, 0.3) is 0 Å². The van der Waals surface area contributed by atoms with Crippen molar-refractivity contribution in [3.05, 3.63) is 35.9 Å². The highest BCUT2D eigenvalue weighted by Gasteiger charge is 2.32. The Labute approximate surface area is 157 Å². The fourth-order valence-corrected chi connectivity index (χ4v) is 5.35. The van der Waals surface area contributed by atoms with Gasteiger partial charge >= 0.3 is 0 Å². The normalized spacial score (nSPS) is 22.2. The minimum atomic E-state index is -3.00. The number of carbonyl (C=O) groups excluding carboxylic acids is 1. The summed E-state index contributed by atoms with van der Waals surface area (Å²) >= 11 is 0. The molecule has 2 aliphatic heterocycles. The Hall–Kier alpha value is -2.49. The fraction of sp³-hybridized carbons (Fsp3) is 0.529. The smallest absolute Gasteiger partial charge is 0.274 e. The number of aryl methyl sites for hydroxylation is 1. The first-order chi connectivity index (χ1) is 12.9. The Bertz CT molecular complexity index is 935. The largest absolute Gasteiger partial charge is 0.337 e. The highest BCUT2D eigenvalue weighted by molar-refractivity contribution is 7.91. The number of anilines is 1. The Balaban J connectivity index is 1.43. The maximum Gasteiger partial charge on any atom is 0.274 e. The molecule has 1 unspecified atom stereocenters. The number of piperazine rings is 1. The predicted octanol–water partition coefficient (Wildman–Crippen LogP) is 0.304. The highest BCUT2D eigenvalue weighted by atomic mass is 32.2. The van der Waals surface area contributed by atoms with E-state index in [0.717, 1.165) is 5.69 Å². The van der Waals surface area contributed by atoms with Gasteiger partial charge in [-0.15, -0.1) is 0 Å². The van der Waals surface area contributed by atoms with E-state index in [4.69, 9.17) is 0 Å². The van der Waals surface area contributed by atoms with Crippen LogP contribution in [0.5, 0.6) is 0 Å². The summed E-state index contributed by atoms with van der Waals surface area (Å²) in [6, 6.07) is 3.35. The van der Waals surface area contributed by atoms with E-state index in [1.807, 2.05) is 6.92 Å². The summed E-state index contributed by atoms with van der Waals surface area (Å²) in [4.78, 5) is 25.2. The van der Waals surface area contributed by atoms with Crippen LogP contribution in [0.3, 0.4) is 0 Å². The molecule has 10 heteroatoms. The molecule has 0 aromatic carbocycles. The first kappa shape index (κ1) is 17.9. The van der Waals surface area contributed by atoms with E-state index < -0.39 is 9.84 Å². The molecule has 0 N–H and O–H groups in total. The van der Waals surface area contributed by atoms with Gasteiger partial charge in [-0.25, -0.2) is 18.4 Å². The van der Waals surface area contributed by atoms with Crippen molar-refractivity contribution >= 4 is 21.7 Å². The first-order valence-electron chi connectivity index (χ1n) is 9.01. The van der Waals surface area contributed by atoms with Gasteiger partial charge < -0.3 is 9.80 Å². The number of aromatic nitrogens is 4. The van der Waals surface area contributed by atoms with Gasteiger partial charge in [0.15, 0.2) is 15.5 Å². The maximum absolute atomic E-state index is 12.8. The van der Waals surface area contributed by atoms with E-state index in [-0.39, 0.29) is 23.5 Å². The van der Waals surface area contributed by atoms with Crippen molar-refractivity contribution in [3.63, 3.8) is 0 Å². The molecule has 0 saturated carbocycles. The molecule has 27 heavy (non-hydrogen) atoms. The number of sulfone groups is 1. The highest BCUT2D eigenvalue weighted by Crippen LogP contribution is 2.25. The molecular formula is C17H22N6O3S. The summed E-state index contributed by atoms with van der Waals surface area (Å²) in [5, 5.41) is 4.43. The van der Waals surface area contributed by atoms with Gasteiger partial charge in [-0.3, -0.25) is 9.48 Å². The van der Waals surface area contributed by atoms with Gasteiger partial charge in [0.1, 0.15) is 0 Å². The molecule has 144 valence electrons. The zero-order valence-corrected chi connectivity index (χ0v) is 16.0. The second-order valence-electron chi connectivity index (χ2n) is 7.00. The van der Waals surface area contributed by atoms with E-state index in [2.05, 4.69) is 20.0 Å². The van der Waals surface area contributed by atoms with Crippen LogP contribution < -0.4 is 4.90 Å². The quantitative estimate of drug-likeness (QED) is 0.743. The minimum Gasteiger partial charge on any atom is -0.337 e. The molecule has 4 rings (SSSR count). The van der Waals surface area contributed by atoms with Gasteiger partial charge in [0.2, 0.25) is 5.95 Å². The van der Waals surface area contributed by atoms with Crippen LogP contribution in [0.15, 0.2) is 24.5 Å². The fourth-order valence-electron chi connectivity index (χ4n) is 3.66. The summed E-state index contributed by atoms with van der Waals surface area (Å²) in [7, 11) is -3.00. The van der Waals surface area contributed by atoms with Crippen LogP contribution in [0, 0.1) is 6.92 Å². The number of amides is 1. The summed E-state index contributed by atoms with van der Waals surface area (Å²) < 4.78 is 25.2. The zero-order chi connectivity index (χ0) is 19.0. The third-order valence-electron chi connectivity index (χ3n) is 5.10. The third-order valence-corrected chi connectivity index (χ3v) is 6.85. The van der Waals surface area contributed by atoms with Crippen molar-refractivity contribution in [2.24, 2.45) is 0 Å². The molecular weight excluding hydrogens is 368 g/mol. The first-order valence-corrected chi connectivity index (χ1v) is 10.8. The lowest BCUT2D eigenvalue weighted by Gasteiger charge is -2.34. The number of nitrogens with zero attached hydrogens (tertiary/aromatic N) is 6. The van der Waals surface area contributed by atoms with Crippen LogP contribution in [-0.2, 0) is 9.84 Å². The summed E-state index contributed by atoms with van der Waals surface area (Å²) in [6.45, 7) is 4.33. The van der Waals surface area contributed by atoms with Crippen molar-refractivity contribution in [1.29, 1.82) is 0 Å². The molecule has 0 aliphatic carbocycles. The van der Waals surface area contributed by atoms with Crippen molar-refractivity contribution in [1.82, 2.24) is 24.6 Å². The number of rotatable bonds is 3. The molecule has 1 amide bonds. The van der Waals surface area contributed by atoms with Gasteiger partial charge in [-0.05, 0) is 25.5 Å². The summed E-state index contributed by atoms with van der Waals surface area (Å²) in [5.74, 6) is 0.835. The second kappa shape index (κ2) is 6.91. The SMILES string of the molecule is Cc1cc(C(=O)N2CCN(c3ncccn3)CC2)nn1C1CCS(=O)(=O)C1. The van der Waals surface area contributed by atoms with Gasteiger partial charge in [0.25, 0.3) is 5.91 Å². The topological polar surface area (TPSA) is 101 Å². The van der Waals surface area contributed by atoms with Gasteiger partial charge in [-0.2, -0.15) is 5.10 Å². The molecule has 0 spiro atoms. The average molecular weight is 390 g/mol. The zero-order valence-electron chi connectivity index (χ0n) is 15.2. The van der Waals surface area contributed by atoms with E-state index >= 15 is 0 Å². The standard InChI is InChI=1S/C17H22N6O3S/c1-13-11-15(20-23(13)14-3-10-27(25,26)12-14)16(24)21-6-8-22(9-7-21)17-18-4-2-5-19-17/h2,4-5,11,14H,3,6-10,12H2,1H3. The molecule has 1 atom stereocenters. The average Bonchev–Trinajstić information content (AvgIpc) is 3.24. The molecule has 2 aliphatic rings. The van der Waals surface area contributed by atoms with Gasteiger partial charge in [0.05, 0.1) is 17.5 Å². The molecule has 4 heterocycles. The predicted molar refractivity (Wildman–Crippen MR) is 99.4 cm³/mol. The van der Waals surface area contributed by atoms with Crippen molar-refractivity contribution < 1.29 is 13.2 Å². The van der Waals surface area contributed by atoms with Crippen LogP contribution in [0.2, 0.25) is 0 Å². The molecule has 2 saturated heterocycles. The molecule has 0 bridgehead atoms. The number of carbonyl (C=O) groups is 1. The van der Waals surface area contributed by atoms with Crippen molar-refractivity contribution in [3.8, 4) is 0 Å². The molecule has 9 nitrogen and oxygen atoms in total. The van der Waals surface area contributed by atoms with Crippen molar-refractivity contribution in [2.45, 2.75) is 19.4 Å². The second-order valence-corrected chi connectivity index (χ2v) is 9.23. The van der Waals surface area contributed by atoms with E-state index in [1.54, 1.807) is 34.1 Å². The monoisotopic (exact) mass is 390 g/mol. The Morgan fingerprint density at radius 2 is 1.85 bits per heavy atom. The van der Waals surface area contributed by atoms with Crippen LogP contribution in [0.1, 0.15) is 28.6 Å². The molecule has 0 radical (unpaired) electrons. The Kier molecular flexibility index (Phi) is 4.58. The Morgan fingerprint density at radius 1 is 1.15 bits per heavy atom. The third kappa shape index (κ3) is 3.66. The van der Waals surface area contributed by atoms with Crippen LogP contribution in [0.4, 0.5) is 5.95 Å². The molecule has 2 aromatic heterocycles. The van der Waals surface area contributed by atoms with Gasteiger partial charge in [-0.1, -0.05) is 0 Å². The lowest BCUT2D eigenvalue weighted by Crippen LogP contribution is -2.49. The summed E-state index contributed by atoms with van der Waals surface area (Å²) in [5.41, 5.74) is 1.19. The molecule has 2 fully saturated rings. The minimum absolute atomic E-state index is 0.0961. The van der Waals surface area contributed by atoms with Gasteiger partial charge in [0, 0.05) is 44.3 Å². The van der Waals surface area contributed by atoms with Crippen LogP contribution in [-0.4, -0.2) is 76.7 Å².